The number of amides is 2. The molecule has 2 fully saturated rings. The number of carbonyl (C=O) groups is 2. The van der Waals surface area contributed by atoms with Crippen LogP contribution in [0.5, 0.6) is 0 Å². The molecule has 1 aromatic heterocycles. The van der Waals surface area contributed by atoms with Gasteiger partial charge in [0, 0.05) is 49.9 Å². The summed E-state index contributed by atoms with van der Waals surface area (Å²) in [6.45, 7) is 9.30. The summed E-state index contributed by atoms with van der Waals surface area (Å²) in [7, 11) is 0. The van der Waals surface area contributed by atoms with Crippen LogP contribution in [0.2, 0.25) is 0 Å². The second-order valence-corrected chi connectivity index (χ2v) is 8.14. The topological polar surface area (TPSA) is 53.5 Å². The molecule has 1 spiro atoms. The third-order valence-electron chi connectivity index (χ3n) is 5.96. The zero-order chi connectivity index (χ0) is 18.7. The summed E-state index contributed by atoms with van der Waals surface area (Å²) >= 11 is 0. The minimum Gasteiger partial charge on any atom is -0.342 e. The molecule has 142 valence electrons. The molecule has 2 amide bonds. The van der Waals surface area contributed by atoms with Crippen molar-refractivity contribution in [1.82, 2.24) is 14.8 Å². The molecule has 5 heteroatoms. The average Bonchev–Trinajstić information content (AvgIpc) is 2.62. The third-order valence-corrected chi connectivity index (χ3v) is 5.96. The average molecular weight is 357 g/mol. The Kier molecular flexibility index (Phi) is 5.64. The van der Waals surface area contributed by atoms with Gasteiger partial charge < -0.3 is 9.80 Å². The molecule has 3 rings (SSSR count). The molecular formula is C21H31N3O2. The van der Waals surface area contributed by atoms with E-state index in [1.165, 1.54) is 0 Å². The van der Waals surface area contributed by atoms with Crippen molar-refractivity contribution in [1.29, 1.82) is 0 Å². The zero-order valence-electron chi connectivity index (χ0n) is 16.4. The summed E-state index contributed by atoms with van der Waals surface area (Å²) < 4.78 is 0. The van der Waals surface area contributed by atoms with Crippen LogP contribution in [0.4, 0.5) is 0 Å². The number of aromatic nitrogens is 1. The smallest absolute Gasteiger partial charge is 0.255 e. The van der Waals surface area contributed by atoms with E-state index in [4.69, 9.17) is 0 Å². The Hall–Kier alpha value is -1.91. The molecule has 0 unspecified atom stereocenters. The number of nitrogens with zero attached hydrogens (tertiary/aromatic N) is 3. The second kappa shape index (κ2) is 7.77. The van der Waals surface area contributed by atoms with E-state index in [0.717, 1.165) is 69.5 Å². The zero-order valence-corrected chi connectivity index (χ0v) is 16.4. The first-order valence-electron chi connectivity index (χ1n) is 9.94. The highest BCUT2D eigenvalue weighted by Gasteiger charge is 2.42. The molecule has 0 N–H and O–H groups in total. The quantitative estimate of drug-likeness (QED) is 0.830. The van der Waals surface area contributed by atoms with Gasteiger partial charge in [-0.15, -0.1) is 0 Å². The van der Waals surface area contributed by atoms with Crippen LogP contribution in [0.3, 0.4) is 0 Å². The normalized spacial score (nSPS) is 23.6. The molecule has 2 saturated heterocycles. The molecule has 3 heterocycles. The van der Waals surface area contributed by atoms with Crippen molar-refractivity contribution < 1.29 is 9.59 Å². The lowest BCUT2D eigenvalue weighted by atomic mass is 9.73. The molecule has 0 aromatic carbocycles. The van der Waals surface area contributed by atoms with Crippen molar-refractivity contribution in [3.8, 4) is 0 Å². The Balaban J connectivity index is 1.74. The van der Waals surface area contributed by atoms with E-state index >= 15 is 0 Å². The second-order valence-electron chi connectivity index (χ2n) is 8.14. The number of pyridine rings is 1. The van der Waals surface area contributed by atoms with Crippen LogP contribution in [0.15, 0.2) is 12.3 Å². The van der Waals surface area contributed by atoms with Crippen molar-refractivity contribution >= 4 is 11.8 Å². The van der Waals surface area contributed by atoms with Gasteiger partial charge in [0.25, 0.3) is 5.91 Å². The van der Waals surface area contributed by atoms with Gasteiger partial charge in [0.05, 0.1) is 5.56 Å². The largest absolute Gasteiger partial charge is 0.342 e. The van der Waals surface area contributed by atoms with Gasteiger partial charge in [-0.3, -0.25) is 14.6 Å². The minimum absolute atomic E-state index is 0.0710. The highest BCUT2D eigenvalue weighted by molar-refractivity contribution is 5.95. The van der Waals surface area contributed by atoms with Crippen LogP contribution >= 0.6 is 0 Å². The summed E-state index contributed by atoms with van der Waals surface area (Å²) in [5, 5.41) is 0. The van der Waals surface area contributed by atoms with E-state index < -0.39 is 0 Å². The van der Waals surface area contributed by atoms with Gasteiger partial charge in [0.15, 0.2) is 0 Å². The number of unbranched alkanes of at least 4 members (excludes halogenated alkanes) is 1. The summed E-state index contributed by atoms with van der Waals surface area (Å²) in [4.78, 5) is 33.7. The summed E-state index contributed by atoms with van der Waals surface area (Å²) in [5.74, 6) is 0.372. The van der Waals surface area contributed by atoms with Gasteiger partial charge in [-0.1, -0.05) is 13.3 Å². The fourth-order valence-corrected chi connectivity index (χ4v) is 4.46. The van der Waals surface area contributed by atoms with Gasteiger partial charge in [0.1, 0.15) is 0 Å². The minimum atomic E-state index is 0.0710. The Morgan fingerprint density at radius 1 is 1.27 bits per heavy atom. The monoisotopic (exact) mass is 357 g/mol. The molecular weight excluding hydrogens is 326 g/mol. The van der Waals surface area contributed by atoms with Crippen LogP contribution in [-0.4, -0.2) is 52.8 Å². The first-order chi connectivity index (χ1) is 12.4. The molecule has 5 nitrogen and oxygen atoms in total. The van der Waals surface area contributed by atoms with E-state index in [0.29, 0.717) is 12.0 Å². The molecule has 0 saturated carbocycles. The molecule has 26 heavy (non-hydrogen) atoms. The fraction of sp³-hybridized carbons (Fsp3) is 0.667. The molecule has 0 bridgehead atoms. The van der Waals surface area contributed by atoms with E-state index in [1.54, 1.807) is 6.20 Å². The number of aryl methyl sites for hydroxylation is 2. The van der Waals surface area contributed by atoms with Crippen molar-refractivity contribution in [2.45, 2.75) is 59.3 Å². The number of hydrogen-bond donors (Lipinski definition) is 0. The molecule has 0 radical (unpaired) electrons. The van der Waals surface area contributed by atoms with Crippen molar-refractivity contribution in [2.75, 3.05) is 26.2 Å². The van der Waals surface area contributed by atoms with Crippen molar-refractivity contribution in [3.05, 3.63) is 29.1 Å². The first-order valence-corrected chi connectivity index (χ1v) is 9.94. The lowest BCUT2D eigenvalue weighted by Gasteiger charge is -2.48. The number of piperidine rings is 2. The van der Waals surface area contributed by atoms with Gasteiger partial charge in [-0.25, -0.2) is 0 Å². The van der Waals surface area contributed by atoms with E-state index in [2.05, 4.69) is 11.9 Å². The Bertz CT molecular complexity index is 688. The number of carbonyl (C=O) groups excluding carboxylic acids is 2. The van der Waals surface area contributed by atoms with Gasteiger partial charge in [-0.2, -0.15) is 0 Å². The van der Waals surface area contributed by atoms with E-state index in [1.807, 2.05) is 29.7 Å². The van der Waals surface area contributed by atoms with Crippen LogP contribution in [0, 0.1) is 19.3 Å². The Labute approximate surface area is 156 Å². The van der Waals surface area contributed by atoms with Gasteiger partial charge >= 0.3 is 0 Å². The molecule has 0 aliphatic carbocycles. The summed E-state index contributed by atoms with van der Waals surface area (Å²) in [6.07, 6.45) is 7.52. The number of likely N-dealkylation sites (tertiary alicyclic amines) is 2. The highest BCUT2D eigenvalue weighted by atomic mass is 16.2. The fourth-order valence-electron chi connectivity index (χ4n) is 4.46. The van der Waals surface area contributed by atoms with Crippen molar-refractivity contribution in [3.63, 3.8) is 0 Å². The van der Waals surface area contributed by atoms with Gasteiger partial charge in [-0.05, 0) is 51.2 Å². The standard InChI is InChI=1S/C21H31N3O2/c1-4-5-10-23-14-21(9-7-19(23)25)8-6-11-24(15-21)20(26)18-13-22-17(3)12-16(18)2/h12-13H,4-11,14-15H2,1-3H3/t21-/m0/s1. The lowest BCUT2D eigenvalue weighted by Crippen LogP contribution is -2.55. The predicted octanol–water partition coefficient (Wildman–Crippen LogP) is 3.34. The van der Waals surface area contributed by atoms with Crippen LogP contribution in [0.1, 0.15) is 67.1 Å². The lowest BCUT2D eigenvalue weighted by molar-refractivity contribution is -0.139. The summed E-state index contributed by atoms with van der Waals surface area (Å²) in [6, 6.07) is 1.97. The van der Waals surface area contributed by atoms with E-state index in [9.17, 15) is 9.59 Å². The van der Waals surface area contributed by atoms with Crippen LogP contribution in [-0.2, 0) is 4.79 Å². The maximum Gasteiger partial charge on any atom is 0.255 e. The third kappa shape index (κ3) is 3.92. The number of hydrogen-bond acceptors (Lipinski definition) is 3. The molecule has 1 aromatic rings. The van der Waals surface area contributed by atoms with Crippen LogP contribution in [0.25, 0.3) is 0 Å². The Morgan fingerprint density at radius 3 is 2.81 bits per heavy atom. The maximum absolute atomic E-state index is 13.1. The summed E-state index contributed by atoms with van der Waals surface area (Å²) in [5.41, 5.74) is 2.71. The maximum atomic E-state index is 13.1. The molecule has 2 aliphatic heterocycles. The van der Waals surface area contributed by atoms with Crippen LogP contribution < -0.4 is 0 Å². The molecule has 1 atom stereocenters. The predicted molar refractivity (Wildman–Crippen MR) is 102 cm³/mol. The van der Waals surface area contributed by atoms with E-state index in [-0.39, 0.29) is 17.2 Å². The highest BCUT2D eigenvalue weighted by Crippen LogP contribution is 2.39. The SMILES string of the molecule is CCCCN1C[C@]2(CCCN(C(=O)c3cnc(C)cc3C)C2)CCC1=O. The van der Waals surface area contributed by atoms with Gasteiger partial charge in [0.2, 0.25) is 5.91 Å². The first kappa shape index (κ1) is 18.9. The molecule has 2 aliphatic rings. The van der Waals surface area contributed by atoms with Crippen molar-refractivity contribution in [2.24, 2.45) is 5.41 Å². The number of rotatable bonds is 4. The Morgan fingerprint density at radius 2 is 2.08 bits per heavy atom.